The first kappa shape index (κ1) is 8.93. The highest BCUT2D eigenvalue weighted by molar-refractivity contribution is 4.93. The molecule has 1 heterocycles. The van der Waals surface area contributed by atoms with Gasteiger partial charge in [0, 0.05) is 6.54 Å². The SMILES string of the molecule is CC[C@H](O)[C@@H]1NC[C@H](O)[C@H]1O. The van der Waals surface area contributed by atoms with Gasteiger partial charge in [-0.1, -0.05) is 6.92 Å². The second kappa shape index (κ2) is 3.49. The topological polar surface area (TPSA) is 72.7 Å². The van der Waals surface area contributed by atoms with Crippen LogP contribution in [0.4, 0.5) is 0 Å². The average Bonchev–Trinajstić information content (AvgIpc) is 2.32. The van der Waals surface area contributed by atoms with E-state index in [1.54, 1.807) is 0 Å². The Hall–Kier alpha value is -0.160. The largest absolute Gasteiger partial charge is 0.391 e. The number of nitrogens with one attached hydrogen (secondary N) is 1. The first-order chi connectivity index (χ1) is 5.16. The molecule has 1 aliphatic rings. The third kappa shape index (κ3) is 1.70. The molecule has 11 heavy (non-hydrogen) atoms. The first-order valence-electron chi connectivity index (χ1n) is 3.94. The molecule has 4 N–H and O–H groups in total. The van der Waals surface area contributed by atoms with E-state index in [2.05, 4.69) is 5.32 Å². The van der Waals surface area contributed by atoms with Gasteiger partial charge in [-0.25, -0.2) is 0 Å². The van der Waals surface area contributed by atoms with Gasteiger partial charge in [0.2, 0.25) is 0 Å². The summed E-state index contributed by atoms with van der Waals surface area (Å²) in [5.41, 5.74) is 0. The maximum atomic E-state index is 9.31. The van der Waals surface area contributed by atoms with Crippen molar-refractivity contribution >= 4 is 0 Å². The predicted octanol–water partition coefficient (Wildman–Crippen LogP) is -1.55. The Morgan fingerprint density at radius 2 is 2.18 bits per heavy atom. The van der Waals surface area contributed by atoms with E-state index in [0.717, 1.165) is 0 Å². The van der Waals surface area contributed by atoms with E-state index in [4.69, 9.17) is 5.11 Å². The lowest BCUT2D eigenvalue weighted by Gasteiger charge is -2.20. The third-order valence-electron chi connectivity index (χ3n) is 2.16. The molecule has 0 unspecified atom stereocenters. The second-order valence-corrected chi connectivity index (χ2v) is 2.97. The summed E-state index contributed by atoms with van der Waals surface area (Å²) >= 11 is 0. The van der Waals surface area contributed by atoms with E-state index in [1.807, 2.05) is 6.92 Å². The summed E-state index contributed by atoms with van der Waals surface area (Å²) in [5.74, 6) is 0. The summed E-state index contributed by atoms with van der Waals surface area (Å²) < 4.78 is 0. The Labute approximate surface area is 65.9 Å². The van der Waals surface area contributed by atoms with Gasteiger partial charge in [0.05, 0.1) is 24.4 Å². The van der Waals surface area contributed by atoms with Crippen LogP contribution in [-0.4, -0.2) is 46.2 Å². The standard InChI is InChI=1S/C7H15NO3/c1-2-4(9)6-7(11)5(10)3-8-6/h4-11H,2-3H2,1H3/t4-,5-,6-,7+/m0/s1. The van der Waals surface area contributed by atoms with Crippen LogP contribution in [0.5, 0.6) is 0 Å². The number of aliphatic hydroxyl groups is 3. The summed E-state index contributed by atoms with van der Waals surface area (Å²) in [4.78, 5) is 0. The minimum absolute atomic E-state index is 0.364. The lowest BCUT2D eigenvalue weighted by molar-refractivity contribution is 0.00598. The fourth-order valence-corrected chi connectivity index (χ4v) is 1.36. The van der Waals surface area contributed by atoms with Gasteiger partial charge in [-0.15, -0.1) is 0 Å². The number of rotatable bonds is 2. The molecule has 4 heteroatoms. The van der Waals surface area contributed by atoms with Crippen molar-refractivity contribution in [1.82, 2.24) is 5.32 Å². The molecular formula is C7H15NO3. The van der Waals surface area contributed by atoms with Gasteiger partial charge in [-0.05, 0) is 6.42 Å². The number of aliphatic hydroxyl groups excluding tert-OH is 3. The monoisotopic (exact) mass is 161 g/mol. The second-order valence-electron chi connectivity index (χ2n) is 2.97. The Morgan fingerprint density at radius 3 is 2.55 bits per heavy atom. The van der Waals surface area contributed by atoms with E-state index in [9.17, 15) is 10.2 Å². The minimum atomic E-state index is -0.829. The Bertz CT molecular complexity index is 131. The molecule has 0 spiro atoms. The van der Waals surface area contributed by atoms with E-state index in [0.29, 0.717) is 13.0 Å². The van der Waals surface area contributed by atoms with Crippen LogP contribution in [0.1, 0.15) is 13.3 Å². The van der Waals surface area contributed by atoms with Gasteiger partial charge in [0.15, 0.2) is 0 Å². The molecule has 1 rings (SSSR count). The van der Waals surface area contributed by atoms with Gasteiger partial charge >= 0.3 is 0 Å². The molecule has 1 fully saturated rings. The van der Waals surface area contributed by atoms with E-state index < -0.39 is 18.3 Å². The van der Waals surface area contributed by atoms with Crippen molar-refractivity contribution in [2.75, 3.05) is 6.54 Å². The Balaban J connectivity index is 2.47. The van der Waals surface area contributed by atoms with Crippen molar-refractivity contribution in [3.63, 3.8) is 0 Å². The molecule has 4 nitrogen and oxygen atoms in total. The van der Waals surface area contributed by atoms with Crippen molar-refractivity contribution < 1.29 is 15.3 Å². The molecule has 66 valence electrons. The summed E-state index contributed by atoms with van der Waals surface area (Å²) in [7, 11) is 0. The highest BCUT2D eigenvalue weighted by Crippen LogP contribution is 2.12. The lowest BCUT2D eigenvalue weighted by atomic mass is 10.0. The van der Waals surface area contributed by atoms with Gasteiger partial charge in [-0.2, -0.15) is 0 Å². The van der Waals surface area contributed by atoms with Crippen LogP contribution < -0.4 is 5.32 Å². The molecule has 0 amide bonds. The highest BCUT2D eigenvalue weighted by Gasteiger charge is 2.36. The average molecular weight is 161 g/mol. The third-order valence-corrected chi connectivity index (χ3v) is 2.16. The molecule has 4 atom stereocenters. The molecule has 0 saturated carbocycles. The number of hydrogen-bond acceptors (Lipinski definition) is 4. The summed E-state index contributed by atoms with van der Waals surface area (Å²) in [5, 5.41) is 30.5. The predicted molar refractivity (Wildman–Crippen MR) is 40.1 cm³/mol. The van der Waals surface area contributed by atoms with E-state index >= 15 is 0 Å². The maximum Gasteiger partial charge on any atom is 0.0989 e. The molecular weight excluding hydrogens is 146 g/mol. The van der Waals surface area contributed by atoms with E-state index in [1.165, 1.54) is 0 Å². The van der Waals surface area contributed by atoms with Gasteiger partial charge in [0.25, 0.3) is 0 Å². The summed E-state index contributed by atoms with van der Waals surface area (Å²) in [6.07, 6.45) is -1.55. The van der Waals surface area contributed by atoms with Crippen LogP contribution in [-0.2, 0) is 0 Å². The highest BCUT2D eigenvalue weighted by atomic mass is 16.3. The van der Waals surface area contributed by atoms with E-state index in [-0.39, 0.29) is 6.04 Å². The maximum absolute atomic E-state index is 9.31. The zero-order chi connectivity index (χ0) is 8.43. The van der Waals surface area contributed by atoms with Crippen LogP contribution >= 0.6 is 0 Å². The van der Waals surface area contributed by atoms with Crippen molar-refractivity contribution in [3.8, 4) is 0 Å². The Morgan fingerprint density at radius 1 is 1.55 bits per heavy atom. The first-order valence-corrected chi connectivity index (χ1v) is 3.94. The molecule has 0 bridgehead atoms. The van der Waals surface area contributed by atoms with Crippen LogP contribution in [0.3, 0.4) is 0 Å². The zero-order valence-corrected chi connectivity index (χ0v) is 6.57. The molecule has 1 aliphatic heterocycles. The van der Waals surface area contributed by atoms with Crippen molar-refractivity contribution in [1.29, 1.82) is 0 Å². The van der Waals surface area contributed by atoms with Crippen molar-refractivity contribution in [3.05, 3.63) is 0 Å². The van der Waals surface area contributed by atoms with Crippen LogP contribution in [0.25, 0.3) is 0 Å². The number of hydrogen-bond donors (Lipinski definition) is 4. The summed E-state index contributed by atoms with van der Waals surface area (Å²) in [6.45, 7) is 2.20. The molecule has 0 aromatic heterocycles. The quantitative estimate of drug-likeness (QED) is 0.396. The van der Waals surface area contributed by atoms with Gasteiger partial charge in [-0.3, -0.25) is 0 Å². The van der Waals surface area contributed by atoms with Gasteiger partial charge < -0.3 is 20.6 Å². The molecule has 0 radical (unpaired) electrons. The lowest BCUT2D eigenvalue weighted by Crippen LogP contribution is -2.42. The van der Waals surface area contributed by atoms with Gasteiger partial charge in [0.1, 0.15) is 0 Å². The van der Waals surface area contributed by atoms with Crippen molar-refractivity contribution in [2.24, 2.45) is 0 Å². The smallest absolute Gasteiger partial charge is 0.0989 e. The number of β-amino-alcohol motifs (C(OH)–C–C–N with tert-alkyl or cyclic N) is 1. The minimum Gasteiger partial charge on any atom is -0.391 e. The normalized spacial score (nSPS) is 40.9. The van der Waals surface area contributed by atoms with Crippen LogP contribution in [0.15, 0.2) is 0 Å². The fraction of sp³-hybridized carbons (Fsp3) is 1.00. The molecule has 0 aliphatic carbocycles. The van der Waals surface area contributed by atoms with Crippen LogP contribution in [0, 0.1) is 0 Å². The van der Waals surface area contributed by atoms with Crippen LogP contribution in [0.2, 0.25) is 0 Å². The summed E-state index contributed by atoms with van der Waals surface area (Å²) in [6, 6.07) is -0.366. The molecule has 1 saturated heterocycles. The Kier molecular flexibility index (Phi) is 2.84. The van der Waals surface area contributed by atoms with Crippen molar-refractivity contribution in [2.45, 2.75) is 37.7 Å². The fourth-order valence-electron chi connectivity index (χ4n) is 1.36. The molecule has 0 aromatic rings. The molecule has 0 aromatic carbocycles. The zero-order valence-electron chi connectivity index (χ0n) is 6.57.